The molecular formula is C10H15ClN2OS. The van der Waals surface area contributed by atoms with Crippen molar-refractivity contribution in [3.8, 4) is 0 Å². The Bertz CT molecular complexity index is 303. The second-order valence-corrected chi connectivity index (χ2v) is 3.65. The maximum atomic E-state index is 11.4. The van der Waals surface area contributed by atoms with E-state index >= 15 is 0 Å². The number of carbonyl (C=O) groups excluding carboxylic acids is 1. The average Bonchev–Trinajstić information content (AvgIpc) is 2.26. The maximum absolute atomic E-state index is 11.4. The summed E-state index contributed by atoms with van der Waals surface area (Å²) in [5, 5.41) is 2.72. The molecule has 0 saturated carbocycles. The Balaban J connectivity index is 0.00000196. The number of halogens is 1. The second-order valence-electron chi connectivity index (χ2n) is 2.77. The minimum Gasteiger partial charge on any atom is -0.351 e. The van der Waals surface area contributed by atoms with Crippen LogP contribution >= 0.6 is 24.2 Å². The van der Waals surface area contributed by atoms with E-state index in [1.165, 1.54) is 0 Å². The third-order valence-corrected chi connectivity index (χ3v) is 2.53. The minimum atomic E-state index is -0.0666. The Hall–Kier alpha value is -0.710. The highest BCUT2D eigenvalue weighted by Gasteiger charge is 2.02. The van der Waals surface area contributed by atoms with Crippen molar-refractivity contribution in [2.45, 2.75) is 4.90 Å². The van der Waals surface area contributed by atoms with Gasteiger partial charge >= 0.3 is 0 Å². The van der Waals surface area contributed by atoms with Gasteiger partial charge in [-0.25, -0.2) is 0 Å². The molecule has 0 fully saturated rings. The van der Waals surface area contributed by atoms with Gasteiger partial charge in [-0.2, -0.15) is 0 Å². The number of thioether (sulfide) groups is 1. The van der Waals surface area contributed by atoms with E-state index in [1.807, 2.05) is 30.5 Å². The molecular weight excluding hydrogens is 232 g/mol. The van der Waals surface area contributed by atoms with Crippen LogP contribution in [0, 0.1) is 0 Å². The molecule has 0 heterocycles. The number of carbonyl (C=O) groups is 1. The van der Waals surface area contributed by atoms with Gasteiger partial charge in [0.05, 0.1) is 0 Å². The fraction of sp³-hybridized carbons (Fsp3) is 0.300. The lowest BCUT2D eigenvalue weighted by molar-refractivity contribution is 0.0954. The Morgan fingerprint density at radius 2 is 2.00 bits per heavy atom. The number of amides is 1. The molecule has 0 aliphatic rings. The molecule has 0 aliphatic carbocycles. The predicted octanol–water partition coefficient (Wildman–Crippen LogP) is 1.52. The van der Waals surface area contributed by atoms with Crippen molar-refractivity contribution < 1.29 is 4.79 Å². The second kappa shape index (κ2) is 7.56. The summed E-state index contributed by atoms with van der Waals surface area (Å²) in [6, 6.07) is 7.50. The lowest BCUT2D eigenvalue weighted by atomic mass is 10.2. The van der Waals surface area contributed by atoms with Gasteiger partial charge < -0.3 is 11.1 Å². The molecule has 0 aromatic heterocycles. The summed E-state index contributed by atoms with van der Waals surface area (Å²) < 4.78 is 0. The van der Waals surface area contributed by atoms with Crippen LogP contribution in [0.4, 0.5) is 0 Å². The van der Waals surface area contributed by atoms with Crippen LogP contribution in [0.15, 0.2) is 29.2 Å². The van der Waals surface area contributed by atoms with Gasteiger partial charge in [-0.1, -0.05) is 0 Å². The SMILES string of the molecule is CSc1ccc(C(=O)NCCN)cc1.Cl. The first-order valence-electron chi connectivity index (χ1n) is 4.40. The summed E-state index contributed by atoms with van der Waals surface area (Å²) in [4.78, 5) is 12.6. The smallest absolute Gasteiger partial charge is 0.251 e. The molecule has 0 radical (unpaired) electrons. The van der Waals surface area contributed by atoms with Gasteiger partial charge in [-0.05, 0) is 30.5 Å². The zero-order valence-corrected chi connectivity index (χ0v) is 10.2. The van der Waals surface area contributed by atoms with Crippen molar-refractivity contribution in [2.75, 3.05) is 19.3 Å². The van der Waals surface area contributed by atoms with Crippen molar-refractivity contribution in [3.63, 3.8) is 0 Å². The number of hydrogen-bond donors (Lipinski definition) is 2. The first-order valence-corrected chi connectivity index (χ1v) is 5.62. The van der Waals surface area contributed by atoms with Crippen LogP contribution < -0.4 is 11.1 Å². The third-order valence-electron chi connectivity index (χ3n) is 1.78. The highest BCUT2D eigenvalue weighted by molar-refractivity contribution is 7.98. The molecule has 1 amide bonds. The number of nitrogens with two attached hydrogens (primary N) is 1. The molecule has 0 saturated heterocycles. The number of hydrogen-bond acceptors (Lipinski definition) is 3. The Morgan fingerprint density at radius 1 is 1.40 bits per heavy atom. The quantitative estimate of drug-likeness (QED) is 0.792. The van der Waals surface area contributed by atoms with E-state index in [9.17, 15) is 4.79 Å². The van der Waals surface area contributed by atoms with E-state index in [-0.39, 0.29) is 18.3 Å². The standard InChI is InChI=1S/C10H14N2OS.ClH/c1-14-9-4-2-8(3-5-9)10(13)12-7-6-11;/h2-5H,6-7,11H2,1H3,(H,12,13);1H. The van der Waals surface area contributed by atoms with Crippen molar-refractivity contribution in [2.24, 2.45) is 5.73 Å². The normalized spacial score (nSPS) is 9.20. The summed E-state index contributed by atoms with van der Waals surface area (Å²) in [5.41, 5.74) is 5.96. The number of rotatable bonds is 4. The highest BCUT2D eigenvalue weighted by atomic mass is 35.5. The zero-order chi connectivity index (χ0) is 10.4. The molecule has 3 nitrogen and oxygen atoms in total. The topological polar surface area (TPSA) is 55.1 Å². The average molecular weight is 247 g/mol. The Kier molecular flexibility index (Phi) is 7.21. The van der Waals surface area contributed by atoms with Crippen LogP contribution in [0.2, 0.25) is 0 Å². The maximum Gasteiger partial charge on any atom is 0.251 e. The Morgan fingerprint density at radius 3 is 2.47 bits per heavy atom. The predicted molar refractivity (Wildman–Crippen MR) is 66.9 cm³/mol. The molecule has 84 valence electrons. The molecule has 3 N–H and O–H groups in total. The van der Waals surface area contributed by atoms with Crippen LogP contribution in [0.5, 0.6) is 0 Å². The van der Waals surface area contributed by atoms with Crippen molar-refractivity contribution in [1.29, 1.82) is 0 Å². The van der Waals surface area contributed by atoms with Gasteiger partial charge in [0.2, 0.25) is 0 Å². The van der Waals surface area contributed by atoms with Crippen LogP contribution in [0.3, 0.4) is 0 Å². The molecule has 5 heteroatoms. The molecule has 1 aromatic carbocycles. The fourth-order valence-corrected chi connectivity index (χ4v) is 1.44. The summed E-state index contributed by atoms with van der Waals surface area (Å²) in [7, 11) is 0. The molecule has 0 atom stereocenters. The summed E-state index contributed by atoms with van der Waals surface area (Å²) in [5.74, 6) is -0.0666. The van der Waals surface area contributed by atoms with Gasteiger partial charge in [-0.3, -0.25) is 4.79 Å². The van der Waals surface area contributed by atoms with Gasteiger partial charge in [0.15, 0.2) is 0 Å². The van der Waals surface area contributed by atoms with Gasteiger partial charge in [0.1, 0.15) is 0 Å². The molecule has 0 bridgehead atoms. The van der Waals surface area contributed by atoms with Gasteiger partial charge in [0.25, 0.3) is 5.91 Å². The van der Waals surface area contributed by atoms with Crippen LogP contribution in [-0.2, 0) is 0 Å². The highest BCUT2D eigenvalue weighted by Crippen LogP contribution is 2.14. The van der Waals surface area contributed by atoms with Crippen LogP contribution in [-0.4, -0.2) is 25.3 Å². The first kappa shape index (κ1) is 14.3. The van der Waals surface area contributed by atoms with Crippen molar-refractivity contribution in [1.82, 2.24) is 5.32 Å². The van der Waals surface area contributed by atoms with Crippen molar-refractivity contribution >= 4 is 30.1 Å². The van der Waals surface area contributed by atoms with Crippen LogP contribution in [0.1, 0.15) is 10.4 Å². The molecule has 15 heavy (non-hydrogen) atoms. The zero-order valence-electron chi connectivity index (χ0n) is 8.53. The minimum absolute atomic E-state index is 0. The molecule has 0 aliphatic heterocycles. The largest absolute Gasteiger partial charge is 0.351 e. The van der Waals surface area contributed by atoms with Gasteiger partial charge in [-0.15, -0.1) is 24.2 Å². The summed E-state index contributed by atoms with van der Waals surface area (Å²) in [6.45, 7) is 0.984. The van der Waals surface area contributed by atoms with Crippen molar-refractivity contribution in [3.05, 3.63) is 29.8 Å². The lowest BCUT2D eigenvalue weighted by Gasteiger charge is -2.03. The molecule has 1 rings (SSSR count). The first-order chi connectivity index (χ1) is 6.77. The third kappa shape index (κ3) is 4.55. The van der Waals surface area contributed by atoms with E-state index in [0.29, 0.717) is 18.7 Å². The van der Waals surface area contributed by atoms with E-state index in [0.717, 1.165) is 4.90 Å². The van der Waals surface area contributed by atoms with E-state index < -0.39 is 0 Å². The summed E-state index contributed by atoms with van der Waals surface area (Å²) in [6.07, 6.45) is 2.00. The summed E-state index contributed by atoms with van der Waals surface area (Å²) >= 11 is 1.66. The lowest BCUT2D eigenvalue weighted by Crippen LogP contribution is -2.28. The molecule has 1 aromatic rings. The van der Waals surface area contributed by atoms with Gasteiger partial charge in [0, 0.05) is 23.5 Å². The van der Waals surface area contributed by atoms with E-state index in [2.05, 4.69) is 5.32 Å². The van der Waals surface area contributed by atoms with E-state index in [1.54, 1.807) is 11.8 Å². The molecule has 0 unspecified atom stereocenters. The molecule has 0 spiro atoms. The van der Waals surface area contributed by atoms with Crippen LogP contribution in [0.25, 0.3) is 0 Å². The van der Waals surface area contributed by atoms with E-state index in [4.69, 9.17) is 5.73 Å². The fourth-order valence-electron chi connectivity index (χ4n) is 1.03. The number of benzene rings is 1. The Labute approximate surface area is 100 Å². The monoisotopic (exact) mass is 246 g/mol. The number of nitrogens with one attached hydrogen (secondary N) is 1.